The zero-order chi connectivity index (χ0) is 9.68. The van der Waals surface area contributed by atoms with Gasteiger partial charge in [0.1, 0.15) is 0 Å². The van der Waals surface area contributed by atoms with Crippen LogP contribution in [0.5, 0.6) is 5.88 Å². The second-order valence-electron chi connectivity index (χ2n) is 2.31. The smallest absolute Gasteiger partial charge is 0.343 e. The molecule has 0 N–H and O–H groups in total. The number of carbonyl (C=O) groups excluding carboxylic acids is 1. The van der Waals surface area contributed by atoms with Gasteiger partial charge in [-0.15, -0.1) is 0 Å². The van der Waals surface area contributed by atoms with Crippen LogP contribution < -0.4 is 4.74 Å². The first-order valence-electron chi connectivity index (χ1n) is 3.71. The fourth-order valence-electron chi connectivity index (χ4n) is 0.723. The van der Waals surface area contributed by atoms with Crippen LogP contribution in [-0.4, -0.2) is 29.7 Å². The van der Waals surface area contributed by atoms with Crippen molar-refractivity contribution in [3.05, 3.63) is 18.1 Å². The van der Waals surface area contributed by atoms with Crippen LogP contribution in [-0.2, 0) is 9.53 Å². The summed E-state index contributed by atoms with van der Waals surface area (Å²) in [5.41, 5.74) is 0.645. The van der Waals surface area contributed by atoms with Crippen molar-refractivity contribution in [1.82, 2.24) is 9.97 Å². The molecule has 0 atom stereocenters. The molecular formula is C8H10N2O3. The molecule has 0 amide bonds. The zero-order valence-corrected chi connectivity index (χ0v) is 7.48. The fraction of sp³-hybridized carbons (Fsp3) is 0.375. The van der Waals surface area contributed by atoms with Crippen LogP contribution in [0.25, 0.3) is 0 Å². The van der Waals surface area contributed by atoms with Gasteiger partial charge in [-0.1, -0.05) is 0 Å². The predicted octanol–water partition coefficient (Wildman–Crippen LogP) is 0.337. The molecule has 0 aromatic carbocycles. The van der Waals surface area contributed by atoms with Gasteiger partial charge in [0.15, 0.2) is 6.61 Å². The summed E-state index contributed by atoms with van der Waals surface area (Å²) in [5.74, 6) is -0.0852. The Labute approximate surface area is 75.7 Å². The Morgan fingerprint density at radius 3 is 2.77 bits per heavy atom. The van der Waals surface area contributed by atoms with E-state index in [0.717, 1.165) is 0 Å². The molecule has 1 rings (SSSR count). The van der Waals surface area contributed by atoms with E-state index in [4.69, 9.17) is 4.74 Å². The highest BCUT2D eigenvalue weighted by atomic mass is 16.6. The minimum absolute atomic E-state index is 0.143. The lowest BCUT2D eigenvalue weighted by Gasteiger charge is -2.04. The first-order valence-corrected chi connectivity index (χ1v) is 3.71. The van der Waals surface area contributed by atoms with Crippen molar-refractivity contribution >= 4 is 5.97 Å². The molecule has 0 unspecified atom stereocenters. The largest absolute Gasteiger partial charge is 0.466 e. The molecule has 0 aliphatic rings. The summed E-state index contributed by atoms with van der Waals surface area (Å²) in [7, 11) is 1.30. The molecule has 1 aromatic heterocycles. The maximum atomic E-state index is 10.7. The van der Waals surface area contributed by atoms with E-state index in [1.54, 1.807) is 13.1 Å². The zero-order valence-electron chi connectivity index (χ0n) is 7.48. The average Bonchev–Trinajstić information content (AvgIpc) is 2.16. The van der Waals surface area contributed by atoms with Crippen LogP contribution in [0, 0.1) is 6.92 Å². The molecule has 1 aromatic rings. The summed E-state index contributed by atoms with van der Waals surface area (Å²) in [4.78, 5) is 18.5. The van der Waals surface area contributed by atoms with Crippen molar-refractivity contribution in [2.75, 3.05) is 13.7 Å². The lowest BCUT2D eigenvalue weighted by atomic mass is 10.5. The molecule has 0 saturated carbocycles. The van der Waals surface area contributed by atoms with Crippen LogP contribution in [0.15, 0.2) is 12.4 Å². The van der Waals surface area contributed by atoms with Gasteiger partial charge in [-0.2, -0.15) is 0 Å². The van der Waals surface area contributed by atoms with Crippen molar-refractivity contribution in [2.45, 2.75) is 6.92 Å². The second-order valence-corrected chi connectivity index (χ2v) is 2.31. The normalized spacial score (nSPS) is 9.38. The molecule has 0 bridgehead atoms. The Hall–Kier alpha value is -1.65. The van der Waals surface area contributed by atoms with E-state index in [0.29, 0.717) is 11.6 Å². The van der Waals surface area contributed by atoms with Gasteiger partial charge in [-0.05, 0) is 6.92 Å². The average molecular weight is 182 g/mol. The first kappa shape index (κ1) is 9.44. The summed E-state index contributed by atoms with van der Waals surface area (Å²) < 4.78 is 9.44. The molecule has 1 heterocycles. The summed E-state index contributed by atoms with van der Waals surface area (Å²) in [5, 5.41) is 0. The van der Waals surface area contributed by atoms with Crippen LogP contribution in [0.1, 0.15) is 5.69 Å². The third-order valence-corrected chi connectivity index (χ3v) is 1.39. The van der Waals surface area contributed by atoms with E-state index in [1.807, 2.05) is 0 Å². The third kappa shape index (κ3) is 2.70. The number of hydrogen-bond donors (Lipinski definition) is 0. The number of nitrogens with zero attached hydrogens (tertiary/aromatic N) is 2. The van der Waals surface area contributed by atoms with Crippen LogP contribution >= 0.6 is 0 Å². The monoisotopic (exact) mass is 182 g/mol. The van der Waals surface area contributed by atoms with Gasteiger partial charge in [0.05, 0.1) is 12.8 Å². The number of aryl methyl sites for hydroxylation is 1. The van der Waals surface area contributed by atoms with Gasteiger partial charge < -0.3 is 9.47 Å². The van der Waals surface area contributed by atoms with Crippen molar-refractivity contribution in [1.29, 1.82) is 0 Å². The van der Waals surface area contributed by atoms with E-state index in [1.165, 1.54) is 13.3 Å². The van der Waals surface area contributed by atoms with Crippen molar-refractivity contribution in [2.24, 2.45) is 0 Å². The van der Waals surface area contributed by atoms with Gasteiger partial charge in [0.2, 0.25) is 5.88 Å². The molecule has 0 spiro atoms. The minimum atomic E-state index is -0.440. The number of aromatic nitrogens is 2. The Balaban J connectivity index is 2.54. The highest BCUT2D eigenvalue weighted by Crippen LogP contribution is 2.08. The molecule has 0 saturated heterocycles. The number of ether oxygens (including phenoxy) is 2. The summed E-state index contributed by atoms with van der Waals surface area (Å²) in [6.07, 6.45) is 3.06. The maximum absolute atomic E-state index is 10.7. The Kier molecular flexibility index (Phi) is 3.19. The molecule has 0 aliphatic heterocycles. The highest BCUT2D eigenvalue weighted by Gasteiger charge is 2.04. The van der Waals surface area contributed by atoms with Crippen molar-refractivity contribution < 1.29 is 14.3 Å². The van der Waals surface area contributed by atoms with Gasteiger partial charge in [-0.3, -0.25) is 4.98 Å². The molecule has 5 heteroatoms. The van der Waals surface area contributed by atoms with E-state index >= 15 is 0 Å². The SMILES string of the molecule is COC(=O)COc1nccnc1C. The third-order valence-electron chi connectivity index (χ3n) is 1.39. The Morgan fingerprint density at radius 1 is 1.46 bits per heavy atom. The number of methoxy groups -OCH3 is 1. The first-order chi connectivity index (χ1) is 6.24. The fourth-order valence-corrected chi connectivity index (χ4v) is 0.723. The Bertz CT molecular complexity index is 301. The minimum Gasteiger partial charge on any atom is -0.466 e. The van der Waals surface area contributed by atoms with Gasteiger partial charge in [0, 0.05) is 12.4 Å². The molecule has 70 valence electrons. The molecule has 5 nitrogen and oxygen atoms in total. The molecule has 0 fully saturated rings. The van der Waals surface area contributed by atoms with E-state index in [-0.39, 0.29) is 6.61 Å². The van der Waals surface area contributed by atoms with Crippen LogP contribution in [0.4, 0.5) is 0 Å². The molecule has 0 aliphatic carbocycles. The lowest BCUT2D eigenvalue weighted by Crippen LogP contribution is -2.13. The summed E-state index contributed by atoms with van der Waals surface area (Å²) in [6, 6.07) is 0. The van der Waals surface area contributed by atoms with E-state index in [2.05, 4.69) is 14.7 Å². The summed E-state index contributed by atoms with van der Waals surface area (Å²) >= 11 is 0. The Morgan fingerprint density at radius 2 is 2.15 bits per heavy atom. The quantitative estimate of drug-likeness (QED) is 0.630. The standard InChI is InChI=1S/C8H10N2O3/c1-6-8(10-4-3-9-6)13-5-7(11)12-2/h3-4H,5H2,1-2H3. The highest BCUT2D eigenvalue weighted by molar-refractivity contribution is 5.70. The van der Waals surface area contributed by atoms with Crippen molar-refractivity contribution in [3.8, 4) is 5.88 Å². The number of rotatable bonds is 3. The van der Waals surface area contributed by atoms with Crippen LogP contribution in [0.3, 0.4) is 0 Å². The molecule has 0 radical (unpaired) electrons. The van der Waals surface area contributed by atoms with Crippen molar-refractivity contribution in [3.63, 3.8) is 0 Å². The van der Waals surface area contributed by atoms with Crippen LogP contribution in [0.2, 0.25) is 0 Å². The number of hydrogen-bond acceptors (Lipinski definition) is 5. The van der Waals surface area contributed by atoms with Gasteiger partial charge >= 0.3 is 5.97 Å². The topological polar surface area (TPSA) is 61.3 Å². The number of carbonyl (C=O) groups is 1. The molecular weight excluding hydrogens is 172 g/mol. The second kappa shape index (κ2) is 4.39. The molecule has 13 heavy (non-hydrogen) atoms. The van der Waals surface area contributed by atoms with Gasteiger partial charge in [0.25, 0.3) is 0 Å². The lowest BCUT2D eigenvalue weighted by molar-refractivity contribution is -0.143. The van der Waals surface area contributed by atoms with Gasteiger partial charge in [-0.25, -0.2) is 9.78 Å². The maximum Gasteiger partial charge on any atom is 0.343 e. The summed E-state index contributed by atoms with van der Waals surface area (Å²) in [6.45, 7) is 1.61. The van der Waals surface area contributed by atoms with E-state index in [9.17, 15) is 4.79 Å². The number of esters is 1. The van der Waals surface area contributed by atoms with E-state index < -0.39 is 5.97 Å². The predicted molar refractivity (Wildman–Crippen MR) is 44.3 cm³/mol.